The molecular weight excluding hydrogens is 290 g/mol. The Kier molecular flexibility index (Phi) is 6.21. The van der Waals surface area contributed by atoms with Gasteiger partial charge in [-0.15, -0.1) is 0 Å². The third-order valence-corrected chi connectivity index (χ3v) is 3.32. The molecule has 21 heavy (non-hydrogen) atoms. The molecule has 0 spiro atoms. The number of carboxylic acid groups (broad SMARTS) is 1. The van der Waals surface area contributed by atoms with Crippen molar-refractivity contribution in [1.29, 1.82) is 0 Å². The Morgan fingerprint density at radius 1 is 1.29 bits per heavy atom. The molecule has 4 nitrogen and oxygen atoms in total. The Labute approximate surface area is 130 Å². The SMILES string of the molecule is CC(C)(C)CC(CC(=O)O)NC(=O)Cc1ccccc1Cl. The standard InChI is InChI=1S/C16H22ClNO3/c1-16(2,3)10-12(9-15(20)21)18-14(19)8-11-6-4-5-7-13(11)17/h4-7,12H,8-10H2,1-3H3,(H,18,19)(H,20,21). The number of halogens is 1. The van der Waals surface area contributed by atoms with Gasteiger partial charge in [-0.1, -0.05) is 50.6 Å². The molecular formula is C16H22ClNO3. The van der Waals surface area contributed by atoms with Crippen molar-refractivity contribution in [2.45, 2.75) is 46.1 Å². The highest BCUT2D eigenvalue weighted by Crippen LogP contribution is 2.22. The number of benzene rings is 1. The van der Waals surface area contributed by atoms with Crippen molar-refractivity contribution >= 4 is 23.5 Å². The van der Waals surface area contributed by atoms with Crippen LogP contribution in [0.3, 0.4) is 0 Å². The minimum atomic E-state index is -0.915. The number of carboxylic acids is 1. The number of hydrogen-bond acceptors (Lipinski definition) is 2. The number of aliphatic carboxylic acids is 1. The van der Waals surface area contributed by atoms with Crippen molar-refractivity contribution in [3.63, 3.8) is 0 Å². The Hall–Kier alpha value is -1.55. The molecule has 1 atom stereocenters. The highest BCUT2D eigenvalue weighted by Gasteiger charge is 2.22. The lowest BCUT2D eigenvalue weighted by atomic mass is 9.87. The summed E-state index contributed by atoms with van der Waals surface area (Å²) in [5.74, 6) is -1.12. The molecule has 1 aromatic rings. The summed E-state index contributed by atoms with van der Waals surface area (Å²) in [5, 5.41) is 12.3. The number of rotatable bonds is 6. The van der Waals surface area contributed by atoms with Gasteiger partial charge in [0.1, 0.15) is 0 Å². The lowest BCUT2D eigenvalue weighted by Crippen LogP contribution is -2.39. The van der Waals surface area contributed by atoms with Gasteiger partial charge in [0, 0.05) is 11.1 Å². The monoisotopic (exact) mass is 311 g/mol. The molecule has 0 fully saturated rings. The molecule has 1 aromatic carbocycles. The summed E-state index contributed by atoms with van der Waals surface area (Å²) in [6.07, 6.45) is 0.680. The quantitative estimate of drug-likeness (QED) is 0.847. The fourth-order valence-electron chi connectivity index (χ4n) is 2.22. The van der Waals surface area contributed by atoms with E-state index in [2.05, 4.69) is 5.32 Å². The minimum absolute atomic E-state index is 0.0577. The molecule has 0 aromatic heterocycles. The summed E-state index contributed by atoms with van der Waals surface area (Å²) >= 11 is 6.02. The normalized spacial score (nSPS) is 12.8. The van der Waals surface area contributed by atoms with Crippen LogP contribution < -0.4 is 5.32 Å². The number of hydrogen-bond donors (Lipinski definition) is 2. The molecule has 0 bridgehead atoms. The Balaban J connectivity index is 2.67. The van der Waals surface area contributed by atoms with E-state index in [1.807, 2.05) is 26.8 Å². The summed E-state index contributed by atoms with van der Waals surface area (Å²) in [7, 11) is 0. The maximum Gasteiger partial charge on any atom is 0.305 e. The van der Waals surface area contributed by atoms with Gasteiger partial charge in [-0.2, -0.15) is 0 Å². The Morgan fingerprint density at radius 2 is 1.90 bits per heavy atom. The Morgan fingerprint density at radius 3 is 2.43 bits per heavy atom. The van der Waals surface area contributed by atoms with Crippen molar-refractivity contribution in [3.8, 4) is 0 Å². The van der Waals surface area contributed by atoms with Crippen LogP contribution in [-0.4, -0.2) is 23.0 Å². The summed E-state index contributed by atoms with van der Waals surface area (Å²) in [6.45, 7) is 6.05. The summed E-state index contributed by atoms with van der Waals surface area (Å²) in [4.78, 5) is 23.0. The van der Waals surface area contributed by atoms with Crippen LogP contribution >= 0.6 is 11.6 Å². The molecule has 116 valence electrons. The highest BCUT2D eigenvalue weighted by atomic mass is 35.5. The first-order valence-electron chi connectivity index (χ1n) is 6.92. The summed E-state index contributed by atoms with van der Waals surface area (Å²) in [6, 6.07) is 6.76. The number of amides is 1. The average molecular weight is 312 g/mol. The summed E-state index contributed by atoms with van der Waals surface area (Å²) < 4.78 is 0. The summed E-state index contributed by atoms with van der Waals surface area (Å²) in [5.41, 5.74) is 0.680. The van der Waals surface area contributed by atoms with E-state index < -0.39 is 5.97 Å². The second-order valence-electron chi connectivity index (χ2n) is 6.40. The lowest BCUT2D eigenvalue weighted by Gasteiger charge is -2.26. The van der Waals surface area contributed by atoms with Gasteiger partial charge < -0.3 is 10.4 Å². The van der Waals surface area contributed by atoms with Crippen LogP contribution in [-0.2, 0) is 16.0 Å². The van der Waals surface area contributed by atoms with Crippen LogP contribution in [0.5, 0.6) is 0 Å². The predicted molar refractivity (Wildman–Crippen MR) is 83.4 cm³/mol. The first-order chi connectivity index (χ1) is 9.67. The minimum Gasteiger partial charge on any atom is -0.481 e. The van der Waals surface area contributed by atoms with E-state index in [1.54, 1.807) is 18.2 Å². The van der Waals surface area contributed by atoms with Crippen LogP contribution in [0.4, 0.5) is 0 Å². The average Bonchev–Trinajstić information content (AvgIpc) is 2.28. The van der Waals surface area contributed by atoms with Crippen molar-refractivity contribution in [3.05, 3.63) is 34.9 Å². The maximum absolute atomic E-state index is 12.1. The first kappa shape index (κ1) is 17.5. The molecule has 1 rings (SSSR count). The molecule has 0 aliphatic rings. The van der Waals surface area contributed by atoms with E-state index in [4.69, 9.17) is 16.7 Å². The van der Waals surface area contributed by atoms with Gasteiger partial charge in [-0.25, -0.2) is 0 Å². The zero-order valence-corrected chi connectivity index (χ0v) is 13.4. The predicted octanol–water partition coefficient (Wildman–Crippen LogP) is 3.28. The second kappa shape index (κ2) is 7.46. The van der Waals surface area contributed by atoms with Crippen molar-refractivity contribution in [2.24, 2.45) is 5.41 Å². The topological polar surface area (TPSA) is 66.4 Å². The van der Waals surface area contributed by atoms with Gasteiger partial charge in [0.15, 0.2) is 0 Å². The van der Waals surface area contributed by atoms with Gasteiger partial charge >= 0.3 is 5.97 Å². The van der Waals surface area contributed by atoms with Crippen LogP contribution in [0.1, 0.15) is 39.2 Å². The molecule has 0 radical (unpaired) electrons. The van der Waals surface area contributed by atoms with Crippen molar-refractivity contribution < 1.29 is 14.7 Å². The fraction of sp³-hybridized carbons (Fsp3) is 0.500. The molecule has 0 saturated carbocycles. The molecule has 0 aliphatic heterocycles. The molecule has 1 amide bonds. The highest BCUT2D eigenvalue weighted by molar-refractivity contribution is 6.31. The number of carbonyl (C=O) groups excluding carboxylic acids is 1. The largest absolute Gasteiger partial charge is 0.481 e. The zero-order valence-electron chi connectivity index (χ0n) is 12.6. The molecule has 1 unspecified atom stereocenters. The lowest BCUT2D eigenvalue weighted by molar-refractivity contribution is -0.137. The third-order valence-electron chi connectivity index (χ3n) is 2.95. The number of nitrogens with one attached hydrogen (secondary N) is 1. The Bertz CT molecular complexity index is 508. The second-order valence-corrected chi connectivity index (χ2v) is 6.80. The van der Waals surface area contributed by atoms with E-state index in [0.29, 0.717) is 11.4 Å². The molecule has 0 aliphatic carbocycles. The van der Waals surface area contributed by atoms with E-state index in [1.165, 1.54) is 0 Å². The third kappa shape index (κ3) is 7.14. The fourth-order valence-corrected chi connectivity index (χ4v) is 2.42. The van der Waals surface area contributed by atoms with Gasteiger partial charge in [0.05, 0.1) is 12.8 Å². The molecule has 0 heterocycles. The number of carbonyl (C=O) groups is 2. The van der Waals surface area contributed by atoms with E-state index >= 15 is 0 Å². The van der Waals surface area contributed by atoms with Crippen LogP contribution in [0.2, 0.25) is 5.02 Å². The van der Waals surface area contributed by atoms with Gasteiger partial charge in [0.25, 0.3) is 0 Å². The zero-order chi connectivity index (χ0) is 16.0. The van der Waals surface area contributed by atoms with Crippen LogP contribution in [0.25, 0.3) is 0 Å². The van der Waals surface area contributed by atoms with E-state index in [9.17, 15) is 9.59 Å². The van der Waals surface area contributed by atoms with E-state index in [-0.39, 0.29) is 30.2 Å². The molecule has 5 heteroatoms. The molecule has 0 saturated heterocycles. The van der Waals surface area contributed by atoms with Gasteiger partial charge in [0.2, 0.25) is 5.91 Å². The molecule has 2 N–H and O–H groups in total. The first-order valence-corrected chi connectivity index (χ1v) is 7.30. The maximum atomic E-state index is 12.1. The van der Waals surface area contributed by atoms with Gasteiger partial charge in [-0.05, 0) is 23.5 Å². The van der Waals surface area contributed by atoms with Crippen LogP contribution in [0.15, 0.2) is 24.3 Å². The smallest absolute Gasteiger partial charge is 0.305 e. The van der Waals surface area contributed by atoms with Gasteiger partial charge in [-0.3, -0.25) is 9.59 Å². The van der Waals surface area contributed by atoms with Crippen LogP contribution in [0, 0.1) is 5.41 Å². The van der Waals surface area contributed by atoms with E-state index in [0.717, 1.165) is 5.56 Å². The van der Waals surface area contributed by atoms with Crippen molar-refractivity contribution in [1.82, 2.24) is 5.32 Å². The van der Waals surface area contributed by atoms with Crippen molar-refractivity contribution in [2.75, 3.05) is 0 Å².